The minimum atomic E-state index is 0.809. The lowest BCUT2D eigenvalue weighted by molar-refractivity contribution is 0.301. The van der Waals surface area contributed by atoms with E-state index in [4.69, 9.17) is 4.74 Å². The number of hydrogen-bond acceptors (Lipinski definition) is 1. The molecule has 0 aromatic carbocycles. The highest BCUT2D eigenvalue weighted by atomic mass is 16.5. The van der Waals surface area contributed by atoms with Gasteiger partial charge in [0.05, 0.1) is 0 Å². The maximum Gasteiger partial charge on any atom is 0.169 e. The van der Waals surface area contributed by atoms with Crippen molar-refractivity contribution in [1.82, 2.24) is 0 Å². The van der Waals surface area contributed by atoms with E-state index >= 15 is 0 Å². The highest BCUT2D eigenvalue weighted by Gasteiger charge is 2.03. The van der Waals surface area contributed by atoms with Crippen LogP contribution in [0.5, 0.6) is 0 Å². The van der Waals surface area contributed by atoms with Crippen LogP contribution in [0.4, 0.5) is 0 Å². The molecule has 0 saturated heterocycles. The van der Waals surface area contributed by atoms with Gasteiger partial charge in [-0.25, -0.2) is 0 Å². The second-order valence-corrected chi connectivity index (χ2v) is 3.12. The maximum absolute atomic E-state index is 5.59. The third kappa shape index (κ3) is 2.26. The molecule has 0 aliphatic heterocycles. The molecule has 2 aliphatic rings. The van der Waals surface area contributed by atoms with E-state index < -0.39 is 0 Å². The van der Waals surface area contributed by atoms with Crippen molar-refractivity contribution < 1.29 is 4.74 Å². The maximum atomic E-state index is 5.59. The smallest absolute Gasteiger partial charge is 0.169 e. The van der Waals surface area contributed by atoms with Crippen molar-refractivity contribution in [1.29, 1.82) is 0 Å². The van der Waals surface area contributed by atoms with Crippen molar-refractivity contribution in [2.75, 3.05) is 0 Å². The predicted molar refractivity (Wildman–Crippen MR) is 51.9 cm³/mol. The van der Waals surface area contributed by atoms with Crippen LogP contribution in [0.3, 0.4) is 0 Å². The summed E-state index contributed by atoms with van der Waals surface area (Å²) in [6.07, 6.45) is 12.3. The quantitative estimate of drug-likeness (QED) is 0.581. The molecule has 0 aromatic rings. The van der Waals surface area contributed by atoms with E-state index in [1.807, 2.05) is 18.2 Å². The summed E-state index contributed by atoms with van der Waals surface area (Å²) >= 11 is 0. The van der Waals surface area contributed by atoms with Gasteiger partial charge in [-0.2, -0.15) is 0 Å². The molecule has 0 unspecified atom stereocenters. The topological polar surface area (TPSA) is 9.23 Å². The zero-order chi connectivity index (χ0) is 8.93. The Balaban J connectivity index is 2.09. The minimum absolute atomic E-state index is 0.809. The number of rotatable bonds is 2. The van der Waals surface area contributed by atoms with E-state index in [2.05, 4.69) is 17.5 Å². The Bertz CT molecular complexity index is 345. The van der Waals surface area contributed by atoms with Crippen LogP contribution in [-0.2, 0) is 4.74 Å². The van der Waals surface area contributed by atoms with Gasteiger partial charge in [0.15, 0.2) is 5.76 Å². The van der Waals surface area contributed by atoms with Gasteiger partial charge in [-0.1, -0.05) is 17.5 Å². The fourth-order valence-corrected chi connectivity index (χ4v) is 1.35. The molecule has 0 aromatic heterocycles. The second-order valence-electron chi connectivity index (χ2n) is 3.12. The van der Waals surface area contributed by atoms with Gasteiger partial charge in [0.2, 0.25) is 0 Å². The third-order valence-corrected chi connectivity index (χ3v) is 2.02. The highest BCUT2D eigenvalue weighted by Crippen LogP contribution is 2.17. The Hall–Kier alpha value is -1.42. The molecule has 0 atom stereocenters. The van der Waals surface area contributed by atoms with E-state index in [0.717, 1.165) is 30.8 Å². The van der Waals surface area contributed by atoms with Gasteiger partial charge in [0.25, 0.3) is 0 Å². The Labute approximate surface area is 78.4 Å². The summed E-state index contributed by atoms with van der Waals surface area (Å²) in [6, 6.07) is 0. The molecule has 2 rings (SSSR count). The van der Waals surface area contributed by atoms with Crippen LogP contribution in [0.25, 0.3) is 0 Å². The van der Waals surface area contributed by atoms with Gasteiger partial charge in [0.1, 0.15) is 5.76 Å². The lowest BCUT2D eigenvalue weighted by Crippen LogP contribution is -1.93. The van der Waals surface area contributed by atoms with Gasteiger partial charge in [-0.15, -0.1) is 0 Å². The van der Waals surface area contributed by atoms with E-state index in [1.54, 1.807) is 0 Å². The second kappa shape index (κ2) is 4.00. The fourth-order valence-electron chi connectivity index (χ4n) is 1.35. The van der Waals surface area contributed by atoms with Crippen molar-refractivity contribution in [3.05, 3.63) is 47.3 Å². The lowest BCUT2D eigenvalue weighted by Gasteiger charge is -2.09. The van der Waals surface area contributed by atoms with E-state index in [1.165, 1.54) is 6.42 Å². The van der Waals surface area contributed by atoms with Crippen LogP contribution < -0.4 is 0 Å². The fraction of sp³-hybridized carbons (Fsp3) is 0.333. The summed E-state index contributed by atoms with van der Waals surface area (Å²) in [5, 5.41) is 0. The van der Waals surface area contributed by atoms with Gasteiger partial charge in [0, 0.05) is 6.42 Å². The molecule has 0 saturated carbocycles. The largest absolute Gasteiger partial charge is 0.445 e. The van der Waals surface area contributed by atoms with Gasteiger partial charge < -0.3 is 4.74 Å². The van der Waals surface area contributed by atoms with Crippen molar-refractivity contribution in [2.24, 2.45) is 0 Å². The number of hydrogen-bond donors (Lipinski definition) is 0. The minimum Gasteiger partial charge on any atom is -0.445 e. The summed E-state index contributed by atoms with van der Waals surface area (Å²) in [6.45, 7) is 0. The summed E-state index contributed by atoms with van der Waals surface area (Å²) in [4.78, 5) is 0. The van der Waals surface area contributed by atoms with E-state index in [9.17, 15) is 0 Å². The molecule has 66 valence electrons. The van der Waals surface area contributed by atoms with E-state index in [-0.39, 0.29) is 0 Å². The average molecular weight is 172 g/mol. The molecule has 0 amide bonds. The molecule has 1 nitrogen and oxygen atoms in total. The molecule has 0 radical (unpaired) electrons. The summed E-state index contributed by atoms with van der Waals surface area (Å²) in [7, 11) is 0. The average Bonchev–Trinajstić information content (AvgIpc) is 2.21. The third-order valence-electron chi connectivity index (χ3n) is 2.02. The molecule has 13 heavy (non-hydrogen) atoms. The lowest BCUT2D eigenvalue weighted by atomic mass is 10.1. The van der Waals surface area contributed by atoms with Crippen molar-refractivity contribution in [2.45, 2.75) is 25.7 Å². The zero-order valence-electron chi connectivity index (χ0n) is 7.55. The molecule has 0 spiro atoms. The summed E-state index contributed by atoms with van der Waals surface area (Å²) < 4.78 is 5.59. The van der Waals surface area contributed by atoms with Gasteiger partial charge in [-0.05, 0) is 37.5 Å². The van der Waals surface area contributed by atoms with Crippen LogP contribution in [-0.4, -0.2) is 0 Å². The van der Waals surface area contributed by atoms with Gasteiger partial charge >= 0.3 is 0 Å². The highest BCUT2D eigenvalue weighted by molar-refractivity contribution is 5.19. The van der Waals surface area contributed by atoms with Crippen molar-refractivity contribution in [3.8, 4) is 0 Å². The Kier molecular flexibility index (Phi) is 2.52. The first-order chi connectivity index (χ1) is 6.45. The normalized spacial score (nSPS) is 19.7. The first kappa shape index (κ1) is 8.19. The SMILES string of the molecule is C1=CCC=CC=1OC1=C=CCCC1. The molecule has 0 heterocycles. The first-order valence-electron chi connectivity index (χ1n) is 4.69. The van der Waals surface area contributed by atoms with Crippen LogP contribution in [0.1, 0.15) is 25.7 Å². The molecule has 1 heteroatoms. The Morgan fingerprint density at radius 2 is 2.23 bits per heavy atom. The van der Waals surface area contributed by atoms with Crippen LogP contribution in [0, 0.1) is 0 Å². The molecular weight excluding hydrogens is 160 g/mol. The van der Waals surface area contributed by atoms with Crippen LogP contribution >= 0.6 is 0 Å². The molecule has 0 bridgehead atoms. The van der Waals surface area contributed by atoms with Crippen molar-refractivity contribution >= 4 is 0 Å². The molecular formula is C12H12O. The zero-order valence-corrected chi connectivity index (χ0v) is 7.55. The summed E-state index contributed by atoms with van der Waals surface area (Å²) in [5.41, 5.74) is 6.20. The number of allylic oxidation sites excluding steroid dienone is 3. The molecule has 0 fully saturated rings. The van der Waals surface area contributed by atoms with Gasteiger partial charge in [-0.3, -0.25) is 0 Å². The Morgan fingerprint density at radius 1 is 1.23 bits per heavy atom. The van der Waals surface area contributed by atoms with Crippen LogP contribution in [0.2, 0.25) is 0 Å². The first-order valence-corrected chi connectivity index (χ1v) is 4.69. The predicted octanol–water partition coefficient (Wildman–Crippen LogP) is 3.22. The molecule has 2 aliphatic carbocycles. The van der Waals surface area contributed by atoms with Crippen molar-refractivity contribution in [3.63, 3.8) is 0 Å². The number of ether oxygens (including phenoxy) is 1. The Morgan fingerprint density at radius 3 is 2.92 bits per heavy atom. The monoisotopic (exact) mass is 172 g/mol. The van der Waals surface area contributed by atoms with Crippen LogP contribution in [0.15, 0.2) is 47.3 Å². The van der Waals surface area contributed by atoms with E-state index in [0.29, 0.717) is 0 Å². The standard InChI is InChI=1S/C12H12O/c1-3-7-11(8-4-1)13-12-9-5-2-6-10-12/h3-5,7H,1-2,6,10H2. The molecule has 0 N–H and O–H groups in total. The summed E-state index contributed by atoms with van der Waals surface area (Å²) in [5.74, 6) is 1.75.